The van der Waals surface area contributed by atoms with E-state index >= 15 is 0 Å². The number of nitrogens with zero attached hydrogens (tertiary/aromatic N) is 2. The molecular formula is C19H16Cl2FN5O4S. The summed E-state index contributed by atoms with van der Waals surface area (Å²) >= 11 is 9.81. The van der Waals surface area contributed by atoms with E-state index in [-0.39, 0.29) is 32.6 Å². The Morgan fingerprint density at radius 2 is 1.88 bits per heavy atom. The van der Waals surface area contributed by atoms with Gasteiger partial charge in [0.25, 0.3) is 5.91 Å². The van der Waals surface area contributed by atoms with Gasteiger partial charge in [0.15, 0.2) is 22.7 Å². The standard InChI is InChI=1S/C19H16Cl2FN5O4S/c20-12-2-3-13(21)16(22)15(12)17(28)10-6-14(24-7-10)18(29)27-11-8-25-19(26-9-11)23-4-1-5-32(30)31/h2-3,6-9,24H,1,4-5H2,(H,27,29)(H,30,31)(H,23,25,26). The number of hydrogen-bond donors (Lipinski definition) is 4. The molecule has 4 N–H and O–H groups in total. The second-order valence-electron chi connectivity index (χ2n) is 6.40. The van der Waals surface area contributed by atoms with Gasteiger partial charge in [-0.3, -0.25) is 9.59 Å². The van der Waals surface area contributed by atoms with Crippen molar-refractivity contribution in [1.82, 2.24) is 15.0 Å². The van der Waals surface area contributed by atoms with Crippen molar-refractivity contribution in [2.75, 3.05) is 22.9 Å². The zero-order chi connectivity index (χ0) is 23.3. The number of carbonyl (C=O) groups is 2. The molecule has 0 aliphatic rings. The molecule has 1 aromatic carbocycles. The minimum atomic E-state index is -1.85. The summed E-state index contributed by atoms with van der Waals surface area (Å²) in [5, 5.41) is 5.10. The maximum atomic E-state index is 14.2. The quantitative estimate of drug-likeness (QED) is 0.152. The Morgan fingerprint density at radius 3 is 2.56 bits per heavy atom. The molecule has 32 heavy (non-hydrogen) atoms. The molecule has 2 aromatic heterocycles. The molecule has 1 atom stereocenters. The minimum absolute atomic E-state index is 0.0258. The van der Waals surface area contributed by atoms with Gasteiger partial charge in [-0.1, -0.05) is 23.2 Å². The normalized spacial score (nSPS) is 11.8. The number of hydrogen-bond acceptors (Lipinski definition) is 6. The number of nitrogens with one attached hydrogen (secondary N) is 3. The summed E-state index contributed by atoms with van der Waals surface area (Å²) in [7, 11) is 0. The van der Waals surface area contributed by atoms with Crippen LogP contribution in [0.4, 0.5) is 16.0 Å². The van der Waals surface area contributed by atoms with Gasteiger partial charge >= 0.3 is 0 Å². The monoisotopic (exact) mass is 499 g/mol. The Hall–Kier alpha value is -2.86. The zero-order valence-electron chi connectivity index (χ0n) is 16.2. The first-order valence-electron chi connectivity index (χ1n) is 9.07. The lowest BCUT2D eigenvalue weighted by atomic mass is 10.0. The predicted molar refractivity (Wildman–Crippen MR) is 119 cm³/mol. The molecule has 1 amide bonds. The molecule has 0 aliphatic heterocycles. The van der Waals surface area contributed by atoms with Gasteiger partial charge in [-0.15, -0.1) is 0 Å². The van der Waals surface area contributed by atoms with Gasteiger partial charge in [0.05, 0.1) is 39.4 Å². The number of H-pyrrole nitrogens is 1. The highest BCUT2D eigenvalue weighted by molar-refractivity contribution is 7.79. The predicted octanol–water partition coefficient (Wildman–Crippen LogP) is 3.76. The number of benzene rings is 1. The van der Waals surface area contributed by atoms with Gasteiger partial charge in [-0.25, -0.2) is 18.6 Å². The van der Waals surface area contributed by atoms with Crippen LogP contribution in [0, 0.1) is 5.82 Å². The van der Waals surface area contributed by atoms with Crippen molar-refractivity contribution in [3.8, 4) is 0 Å². The van der Waals surface area contributed by atoms with Gasteiger partial charge in [0, 0.05) is 18.3 Å². The smallest absolute Gasteiger partial charge is 0.272 e. The minimum Gasteiger partial charge on any atom is -0.356 e. The highest BCUT2D eigenvalue weighted by Crippen LogP contribution is 2.28. The molecular weight excluding hydrogens is 484 g/mol. The molecule has 1 unspecified atom stereocenters. The third-order valence-electron chi connectivity index (χ3n) is 4.15. The average Bonchev–Trinajstić information content (AvgIpc) is 3.25. The molecule has 0 fully saturated rings. The molecule has 13 heteroatoms. The van der Waals surface area contributed by atoms with Crippen LogP contribution in [-0.2, 0) is 11.1 Å². The van der Waals surface area contributed by atoms with Crippen LogP contribution in [0.2, 0.25) is 10.0 Å². The second-order valence-corrected chi connectivity index (χ2v) is 8.27. The van der Waals surface area contributed by atoms with Gasteiger partial charge in [-0.05, 0) is 24.6 Å². The van der Waals surface area contributed by atoms with Crippen LogP contribution in [0.15, 0.2) is 36.8 Å². The number of aromatic nitrogens is 3. The first-order valence-corrected chi connectivity index (χ1v) is 11.1. The fourth-order valence-electron chi connectivity index (χ4n) is 2.61. The topological polar surface area (TPSA) is 137 Å². The van der Waals surface area contributed by atoms with Crippen molar-refractivity contribution in [3.63, 3.8) is 0 Å². The lowest BCUT2D eigenvalue weighted by molar-refractivity contribution is 0.102. The van der Waals surface area contributed by atoms with Gasteiger partial charge in [0.1, 0.15) is 5.69 Å². The Bertz CT molecular complexity index is 1170. The summed E-state index contributed by atoms with van der Waals surface area (Å²) < 4.78 is 33.6. The molecule has 168 valence electrons. The van der Waals surface area contributed by atoms with Crippen molar-refractivity contribution >= 4 is 57.6 Å². The van der Waals surface area contributed by atoms with Crippen LogP contribution in [0.3, 0.4) is 0 Å². The molecule has 0 saturated carbocycles. The summed E-state index contributed by atoms with van der Waals surface area (Å²) in [6.07, 6.45) is 4.46. The number of amides is 1. The van der Waals surface area contributed by atoms with Crippen LogP contribution in [0.5, 0.6) is 0 Å². The van der Waals surface area contributed by atoms with E-state index in [2.05, 4.69) is 25.6 Å². The zero-order valence-corrected chi connectivity index (χ0v) is 18.5. The molecule has 0 aliphatic carbocycles. The summed E-state index contributed by atoms with van der Waals surface area (Å²) in [6, 6.07) is 3.81. The van der Waals surface area contributed by atoms with E-state index in [4.69, 9.17) is 27.8 Å². The molecule has 9 nitrogen and oxygen atoms in total. The molecule has 0 radical (unpaired) electrons. The average molecular weight is 500 g/mol. The molecule has 2 heterocycles. The second kappa shape index (κ2) is 10.6. The molecule has 0 bridgehead atoms. The van der Waals surface area contributed by atoms with Crippen molar-refractivity contribution in [1.29, 1.82) is 0 Å². The van der Waals surface area contributed by atoms with Crippen molar-refractivity contribution in [3.05, 3.63) is 69.5 Å². The van der Waals surface area contributed by atoms with Crippen LogP contribution >= 0.6 is 23.2 Å². The summed E-state index contributed by atoms with van der Waals surface area (Å²) in [5.74, 6) is -1.81. The Balaban J connectivity index is 1.63. The van der Waals surface area contributed by atoms with Crippen LogP contribution < -0.4 is 10.6 Å². The van der Waals surface area contributed by atoms with Crippen molar-refractivity contribution in [2.45, 2.75) is 6.42 Å². The summed E-state index contributed by atoms with van der Waals surface area (Å²) in [5.41, 5.74) is -0.0146. The summed E-state index contributed by atoms with van der Waals surface area (Å²) in [4.78, 5) is 35.8. The maximum absolute atomic E-state index is 14.2. The van der Waals surface area contributed by atoms with E-state index in [1.807, 2.05) is 0 Å². The number of ketones is 1. The van der Waals surface area contributed by atoms with Gasteiger partial charge in [0.2, 0.25) is 5.95 Å². The lowest BCUT2D eigenvalue weighted by Crippen LogP contribution is -2.13. The number of anilines is 2. The van der Waals surface area contributed by atoms with Crippen LogP contribution in [0.25, 0.3) is 0 Å². The first kappa shape index (κ1) is 23.8. The molecule has 3 aromatic rings. The number of rotatable bonds is 9. The van der Waals surface area contributed by atoms with E-state index in [9.17, 15) is 18.2 Å². The van der Waals surface area contributed by atoms with E-state index in [0.717, 1.165) is 0 Å². The van der Waals surface area contributed by atoms with E-state index in [1.54, 1.807) is 0 Å². The molecule has 0 saturated heterocycles. The van der Waals surface area contributed by atoms with Gasteiger partial charge in [-0.2, -0.15) is 0 Å². The van der Waals surface area contributed by atoms with Crippen LogP contribution in [-0.4, -0.2) is 47.7 Å². The van der Waals surface area contributed by atoms with Crippen molar-refractivity contribution < 1.29 is 22.7 Å². The highest BCUT2D eigenvalue weighted by atomic mass is 35.5. The van der Waals surface area contributed by atoms with E-state index in [0.29, 0.717) is 24.6 Å². The maximum Gasteiger partial charge on any atom is 0.272 e. The molecule has 0 spiro atoms. The molecule has 3 rings (SSSR count). The van der Waals surface area contributed by atoms with Crippen molar-refractivity contribution in [2.24, 2.45) is 0 Å². The van der Waals surface area contributed by atoms with E-state index in [1.165, 1.54) is 36.8 Å². The fourth-order valence-corrected chi connectivity index (χ4v) is 3.39. The number of aromatic amines is 1. The third-order valence-corrected chi connectivity index (χ3v) is 5.39. The summed E-state index contributed by atoms with van der Waals surface area (Å²) in [6.45, 7) is 0.411. The highest BCUT2D eigenvalue weighted by Gasteiger charge is 2.22. The lowest BCUT2D eigenvalue weighted by Gasteiger charge is -2.06. The number of carbonyl (C=O) groups excluding carboxylic acids is 2. The third kappa shape index (κ3) is 5.88. The first-order chi connectivity index (χ1) is 15.3. The fraction of sp³-hybridized carbons (Fsp3) is 0.158. The van der Waals surface area contributed by atoms with Gasteiger partial charge < -0.3 is 20.2 Å². The van der Waals surface area contributed by atoms with E-state index < -0.39 is 28.6 Å². The Kier molecular flexibility index (Phi) is 7.91. The Morgan fingerprint density at radius 1 is 1.19 bits per heavy atom. The number of halogens is 3. The van der Waals surface area contributed by atoms with Crippen LogP contribution in [0.1, 0.15) is 32.8 Å². The SMILES string of the molecule is O=C(Nc1cnc(NCCCS(=O)O)nc1)c1cc(C(=O)c2c(Cl)ccc(Cl)c2F)c[nH]1. The largest absolute Gasteiger partial charge is 0.356 e. The Labute approximate surface area is 194 Å².